The number of anilines is 2. The quantitative estimate of drug-likeness (QED) is 0.387. The average molecular weight is 421 g/mol. The molecule has 0 saturated carbocycles. The van der Waals surface area contributed by atoms with Crippen LogP contribution in [0.5, 0.6) is 0 Å². The summed E-state index contributed by atoms with van der Waals surface area (Å²) in [4.78, 5) is 13.7. The van der Waals surface area contributed by atoms with Crippen molar-refractivity contribution in [1.29, 1.82) is 0 Å². The van der Waals surface area contributed by atoms with Gasteiger partial charge in [0.25, 0.3) is 10.1 Å². The lowest BCUT2D eigenvalue weighted by Gasteiger charge is -2.27. The van der Waals surface area contributed by atoms with Gasteiger partial charge in [-0.3, -0.25) is 4.18 Å². The number of esters is 1. The number of halogens is 1. The van der Waals surface area contributed by atoms with E-state index in [1.807, 2.05) is 29.2 Å². The molecule has 0 spiro atoms. The van der Waals surface area contributed by atoms with Gasteiger partial charge in [-0.2, -0.15) is 8.42 Å². The lowest BCUT2D eigenvalue weighted by molar-refractivity contribution is -0.146. The number of benzene rings is 2. The van der Waals surface area contributed by atoms with E-state index in [0.717, 1.165) is 48.7 Å². The van der Waals surface area contributed by atoms with Crippen LogP contribution in [0.3, 0.4) is 0 Å². The van der Waals surface area contributed by atoms with Gasteiger partial charge in [0.05, 0.1) is 20.0 Å². The molecule has 0 saturated heterocycles. The highest BCUT2D eigenvalue weighted by Gasteiger charge is 2.25. The van der Waals surface area contributed by atoms with Crippen molar-refractivity contribution >= 4 is 27.5 Å². The first kappa shape index (κ1) is 21.3. The second kappa shape index (κ2) is 8.92. The maximum absolute atomic E-state index is 14.5. The van der Waals surface area contributed by atoms with E-state index in [9.17, 15) is 17.6 Å². The summed E-state index contributed by atoms with van der Waals surface area (Å²) in [6, 6.07) is 13.1. The zero-order chi connectivity index (χ0) is 21.0. The molecule has 3 rings (SSSR count). The maximum atomic E-state index is 14.5. The maximum Gasteiger partial charge on any atom is 0.345 e. The SMILES string of the molecule is COC(=O)C(F)c1ccc2c(c1)N(CCCOS(C)(=O)=O)c1ccccc1CC2. The summed E-state index contributed by atoms with van der Waals surface area (Å²) in [5.41, 5.74) is 4.20. The lowest BCUT2D eigenvalue weighted by Crippen LogP contribution is -2.22. The Labute approximate surface area is 170 Å². The highest BCUT2D eigenvalue weighted by atomic mass is 32.2. The highest BCUT2D eigenvalue weighted by molar-refractivity contribution is 7.85. The number of aryl methyl sites for hydroxylation is 2. The Kier molecular flexibility index (Phi) is 6.54. The molecule has 1 aliphatic heterocycles. The Hall–Kier alpha value is -2.45. The van der Waals surface area contributed by atoms with Gasteiger partial charge in [0, 0.05) is 17.9 Å². The summed E-state index contributed by atoms with van der Waals surface area (Å²) in [7, 11) is -2.35. The molecule has 29 heavy (non-hydrogen) atoms. The third-order valence-corrected chi connectivity index (χ3v) is 5.47. The number of hydrogen-bond donors (Lipinski definition) is 0. The molecule has 0 amide bonds. The molecular weight excluding hydrogens is 397 g/mol. The fraction of sp³-hybridized carbons (Fsp3) is 0.381. The summed E-state index contributed by atoms with van der Waals surface area (Å²) in [5.74, 6) is -0.938. The van der Waals surface area contributed by atoms with Gasteiger partial charge >= 0.3 is 5.97 Å². The molecule has 1 heterocycles. The van der Waals surface area contributed by atoms with Crippen molar-refractivity contribution in [2.24, 2.45) is 0 Å². The summed E-state index contributed by atoms with van der Waals surface area (Å²) in [6.07, 6.45) is 1.22. The molecule has 2 aromatic rings. The summed E-state index contributed by atoms with van der Waals surface area (Å²) < 4.78 is 46.3. The van der Waals surface area contributed by atoms with Gasteiger partial charge in [0.15, 0.2) is 0 Å². The fourth-order valence-electron chi connectivity index (χ4n) is 3.50. The normalized spacial score (nSPS) is 14.5. The average Bonchev–Trinajstić information content (AvgIpc) is 2.86. The smallest absolute Gasteiger partial charge is 0.345 e. The highest BCUT2D eigenvalue weighted by Crippen LogP contribution is 2.38. The van der Waals surface area contributed by atoms with Gasteiger partial charge < -0.3 is 9.64 Å². The van der Waals surface area contributed by atoms with Crippen molar-refractivity contribution in [3.05, 3.63) is 59.2 Å². The summed E-state index contributed by atoms with van der Waals surface area (Å²) in [6.45, 7) is 0.540. The van der Waals surface area contributed by atoms with E-state index in [2.05, 4.69) is 10.8 Å². The number of alkyl halides is 1. The van der Waals surface area contributed by atoms with E-state index in [-0.39, 0.29) is 12.2 Å². The largest absolute Gasteiger partial charge is 0.467 e. The van der Waals surface area contributed by atoms with E-state index in [0.29, 0.717) is 13.0 Å². The molecule has 0 radical (unpaired) electrons. The second-order valence-corrected chi connectivity index (χ2v) is 8.58. The number of ether oxygens (including phenoxy) is 1. The second-order valence-electron chi connectivity index (χ2n) is 6.93. The first-order valence-corrected chi connectivity index (χ1v) is 11.2. The molecule has 1 aliphatic rings. The number of fused-ring (bicyclic) bond motifs is 2. The number of carbonyl (C=O) groups excluding carboxylic acids is 1. The number of nitrogens with zero attached hydrogens (tertiary/aromatic N) is 1. The van der Waals surface area contributed by atoms with Crippen LogP contribution in [0.1, 0.15) is 29.3 Å². The topological polar surface area (TPSA) is 72.9 Å². The van der Waals surface area contributed by atoms with Gasteiger partial charge in [-0.15, -0.1) is 0 Å². The van der Waals surface area contributed by atoms with Crippen molar-refractivity contribution in [2.75, 3.05) is 31.4 Å². The Bertz CT molecular complexity index is 992. The first-order chi connectivity index (χ1) is 13.8. The van der Waals surface area contributed by atoms with Crippen molar-refractivity contribution in [3.8, 4) is 0 Å². The minimum atomic E-state index is -3.51. The minimum Gasteiger partial charge on any atom is -0.467 e. The number of methoxy groups -OCH3 is 1. The molecule has 0 aliphatic carbocycles. The summed E-state index contributed by atoms with van der Waals surface area (Å²) in [5, 5.41) is 0. The van der Waals surface area contributed by atoms with Crippen molar-refractivity contribution < 1.29 is 26.5 Å². The molecule has 6 nitrogen and oxygen atoms in total. The van der Waals surface area contributed by atoms with E-state index < -0.39 is 22.3 Å². The van der Waals surface area contributed by atoms with Crippen LogP contribution in [0.15, 0.2) is 42.5 Å². The molecule has 1 unspecified atom stereocenters. The molecule has 0 fully saturated rings. The molecule has 156 valence electrons. The van der Waals surface area contributed by atoms with E-state index in [4.69, 9.17) is 4.18 Å². The zero-order valence-corrected chi connectivity index (χ0v) is 17.2. The Morgan fingerprint density at radius 3 is 2.52 bits per heavy atom. The number of rotatable bonds is 7. The predicted molar refractivity (Wildman–Crippen MR) is 109 cm³/mol. The third kappa shape index (κ3) is 5.13. The third-order valence-electron chi connectivity index (χ3n) is 4.87. The van der Waals surface area contributed by atoms with Crippen LogP contribution in [-0.4, -0.2) is 40.9 Å². The van der Waals surface area contributed by atoms with Crippen molar-refractivity contribution in [2.45, 2.75) is 25.4 Å². The zero-order valence-electron chi connectivity index (χ0n) is 16.4. The molecule has 0 bridgehead atoms. The van der Waals surface area contributed by atoms with Crippen LogP contribution < -0.4 is 4.90 Å². The van der Waals surface area contributed by atoms with E-state index >= 15 is 0 Å². The molecule has 0 aromatic heterocycles. The standard InChI is InChI=1S/C21H24FNO5S/c1-27-21(24)20(22)17-11-10-16-9-8-15-6-3-4-7-18(15)23(19(16)14-17)12-5-13-28-29(2,25)26/h3-4,6-7,10-11,14,20H,5,8-9,12-13H2,1-2H3. The van der Waals surface area contributed by atoms with Gasteiger partial charge in [-0.25, -0.2) is 9.18 Å². The Balaban J connectivity index is 1.95. The Morgan fingerprint density at radius 2 is 1.83 bits per heavy atom. The summed E-state index contributed by atoms with van der Waals surface area (Å²) >= 11 is 0. The number of hydrogen-bond acceptors (Lipinski definition) is 6. The monoisotopic (exact) mass is 421 g/mol. The van der Waals surface area contributed by atoms with Gasteiger partial charge in [-0.1, -0.05) is 30.3 Å². The molecule has 8 heteroatoms. The van der Waals surface area contributed by atoms with E-state index in [1.165, 1.54) is 0 Å². The molecule has 1 atom stereocenters. The predicted octanol–water partition coefficient (Wildman–Crippen LogP) is 3.47. The molecular formula is C21H24FNO5S. The van der Waals surface area contributed by atoms with Crippen molar-refractivity contribution in [1.82, 2.24) is 0 Å². The van der Waals surface area contributed by atoms with Gasteiger partial charge in [0.2, 0.25) is 6.17 Å². The van der Waals surface area contributed by atoms with Crippen LogP contribution >= 0.6 is 0 Å². The van der Waals surface area contributed by atoms with E-state index in [1.54, 1.807) is 12.1 Å². The van der Waals surface area contributed by atoms with Crippen LogP contribution in [-0.2, 0) is 36.7 Å². The van der Waals surface area contributed by atoms with Crippen LogP contribution in [0, 0.1) is 0 Å². The fourth-order valence-corrected chi connectivity index (χ4v) is 3.92. The lowest BCUT2D eigenvalue weighted by atomic mass is 10.0. The van der Waals surface area contributed by atoms with Gasteiger partial charge in [-0.05, 0) is 48.1 Å². The first-order valence-electron chi connectivity index (χ1n) is 9.34. The number of carbonyl (C=O) groups is 1. The van der Waals surface area contributed by atoms with Crippen LogP contribution in [0.4, 0.5) is 15.8 Å². The minimum absolute atomic E-state index is 0.0560. The van der Waals surface area contributed by atoms with Crippen LogP contribution in [0.25, 0.3) is 0 Å². The van der Waals surface area contributed by atoms with Gasteiger partial charge in [0.1, 0.15) is 0 Å². The number of para-hydroxylation sites is 1. The van der Waals surface area contributed by atoms with Crippen LogP contribution in [0.2, 0.25) is 0 Å². The molecule has 2 aromatic carbocycles. The van der Waals surface area contributed by atoms with Crippen molar-refractivity contribution in [3.63, 3.8) is 0 Å². The molecule has 0 N–H and O–H groups in total. The Morgan fingerprint density at radius 1 is 1.14 bits per heavy atom.